The predicted octanol–water partition coefficient (Wildman–Crippen LogP) is 1.99. The Hall–Kier alpha value is 0.540. The summed E-state index contributed by atoms with van der Waals surface area (Å²) in [6.07, 6.45) is 0.410. The van der Waals surface area contributed by atoms with Crippen LogP contribution in [-0.2, 0) is 4.79 Å². The van der Waals surface area contributed by atoms with E-state index in [0.29, 0.717) is 6.29 Å². The lowest BCUT2D eigenvalue weighted by Gasteiger charge is -2.12. The number of carbonyl (C=O) groups excluding carboxylic acids is 1. The second-order valence-corrected chi connectivity index (χ2v) is 3.51. The highest BCUT2D eigenvalue weighted by atomic mass is 35.5. The van der Waals surface area contributed by atoms with Crippen molar-refractivity contribution in [2.45, 2.75) is 16.6 Å². The number of rotatable bonds is 2. The molecular formula is C4H5Cl3O. The van der Waals surface area contributed by atoms with Crippen LogP contribution < -0.4 is 0 Å². The van der Waals surface area contributed by atoms with E-state index >= 15 is 0 Å². The molecule has 0 saturated carbocycles. The van der Waals surface area contributed by atoms with Gasteiger partial charge in [-0.05, 0) is 6.92 Å². The normalized spacial score (nSPS) is 15.5. The third kappa shape index (κ3) is 2.21. The topological polar surface area (TPSA) is 17.1 Å². The van der Waals surface area contributed by atoms with E-state index in [0.717, 1.165) is 0 Å². The van der Waals surface area contributed by atoms with Crippen LogP contribution in [0.2, 0.25) is 0 Å². The number of alkyl halides is 3. The smallest absolute Gasteiger partial charge is 0.188 e. The molecule has 0 rings (SSSR count). The fourth-order valence-corrected chi connectivity index (χ4v) is 0.145. The first-order valence-corrected chi connectivity index (χ1v) is 3.18. The van der Waals surface area contributed by atoms with Crippen molar-refractivity contribution in [1.82, 2.24) is 0 Å². The molecule has 0 radical (unpaired) electrons. The lowest BCUT2D eigenvalue weighted by atomic mass is 10.3. The van der Waals surface area contributed by atoms with Gasteiger partial charge in [0.05, 0.1) is 5.38 Å². The molecule has 4 heteroatoms. The fourth-order valence-electron chi connectivity index (χ4n) is 0.0938. The van der Waals surface area contributed by atoms with Gasteiger partial charge in [-0.2, -0.15) is 0 Å². The van der Waals surface area contributed by atoms with Crippen LogP contribution in [0, 0.1) is 0 Å². The molecular weight excluding hydrogens is 170 g/mol. The van der Waals surface area contributed by atoms with Crippen molar-refractivity contribution in [1.29, 1.82) is 0 Å². The van der Waals surface area contributed by atoms with Crippen LogP contribution in [0.15, 0.2) is 0 Å². The van der Waals surface area contributed by atoms with E-state index in [4.69, 9.17) is 34.8 Å². The van der Waals surface area contributed by atoms with Gasteiger partial charge in [-0.25, -0.2) is 0 Å². The van der Waals surface area contributed by atoms with Crippen LogP contribution in [0.1, 0.15) is 6.92 Å². The first kappa shape index (κ1) is 8.54. The molecule has 1 nitrogen and oxygen atoms in total. The van der Waals surface area contributed by atoms with Crippen LogP contribution in [-0.4, -0.2) is 16.0 Å². The molecule has 0 heterocycles. The zero-order valence-electron chi connectivity index (χ0n) is 4.20. The Kier molecular flexibility index (Phi) is 3.10. The van der Waals surface area contributed by atoms with Gasteiger partial charge in [0.2, 0.25) is 0 Å². The molecule has 48 valence electrons. The summed E-state index contributed by atoms with van der Waals surface area (Å²) in [4.78, 5) is 9.92. The van der Waals surface area contributed by atoms with Gasteiger partial charge in [0.25, 0.3) is 0 Å². The maximum atomic E-state index is 9.92. The van der Waals surface area contributed by atoms with Crippen molar-refractivity contribution in [3.63, 3.8) is 0 Å². The summed E-state index contributed by atoms with van der Waals surface area (Å²) in [6, 6.07) is 0. The second-order valence-electron chi connectivity index (χ2n) is 1.41. The Bertz CT molecular complexity index is 89.3. The molecule has 0 spiro atoms. The van der Waals surface area contributed by atoms with Crippen LogP contribution in [0.4, 0.5) is 0 Å². The fraction of sp³-hybridized carbons (Fsp3) is 0.750. The summed E-state index contributed by atoms with van der Waals surface area (Å²) in [5, 5.41) is -0.552. The molecule has 1 unspecified atom stereocenters. The molecule has 0 saturated heterocycles. The number of halogens is 3. The Morgan fingerprint density at radius 1 is 1.62 bits per heavy atom. The Morgan fingerprint density at radius 2 is 2.00 bits per heavy atom. The van der Waals surface area contributed by atoms with Gasteiger partial charge in [-0.15, -0.1) is 11.6 Å². The molecule has 0 aromatic carbocycles. The van der Waals surface area contributed by atoms with Crippen LogP contribution >= 0.6 is 34.8 Å². The van der Waals surface area contributed by atoms with Gasteiger partial charge in [-0.1, -0.05) is 23.2 Å². The van der Waals surface area contributed by atoms with Crippen molar-refractivity contribution in [3.8, 4) is 0 Å². The zero-order valence-corrected chi connectivity index (χ0v) is 6.46. The monoisotopic (exact) mass is 174 g/mol. The Balaban J connectivity index is 3.90. The molecule has 0 aliphatic heterocycles. The molecule has 0 aromatic heterocycles. The maximum Gasteiger partial charge on any atom is 0.188 e. The van der Waals surface area contributed by atoms with Gasteiger partial charge < -0.3 is 0 Å². The molecule has 8 heavy (non-hydrogen) atoms. The van der Waals surface area contributed by atoms with Crippen LogP contribution in [0.5, 0.6) is 0 Å². The van der Waals surface area contributed by atoms with Crippen molar-refractivity contribution >= 4 is 41.1 Å². The SMILES string of the molecule is CC(Cl)C(Cl)(Cl)C=O. The summed E-state index contributed by atoms with van der Waals surface area (Å²) >= 11 is 16.0. The van der Waals surface area contributed by atoms with Gasteiger partial charge >= 0.3 is 0 Å². The molecule has 0 aliphatic carbocycles. The average molecular weight is 175 g/mol. The third-order valence-corrected chi connectivity index (χ3v) is 2.09. The quantitative estimate of drug-likeness (QED) is 0.463. The largest absolute Gasteiger partial charge is 0.300 e. The first-order chi connectivity index (χ1) is 3.50. The van der Waals surface area contributed by atoms with E-state index in [1.807, 2.05) is 0 Å². The van der Waals surface area contributed by atoms with Crippen molar-refractivity contribution in [2.24, 2.45) is 0 Å². The third-order valence-electron chi connectivity index (χ3n) is 0.687. The van der Waals surface area contributed by atoms with Gasteiger partial charge in [0, 0.05) is 0 Å². The number of carbonyl (C=O) groups is 1. The summed E-state index contributed by atoms with van der Waals surface area (Å²) < 4.78 is -1.43. The van der Waals surface area contributed by atoms with E-state index in [9.17, 15) is 4.79 Å². The Labute approximate surface area is 62.9 Å². The van der Waals surface area contributed by atoms with Gasteiger partial charge in [-0.3, -0.25) is 4.79 Å². The van der Waals surface area contributed by atoms with E-state index in [1.165, 1.54) is 0 Å². The standard InChI is InChI=1S/C4H5Cl3O/c1-3(5)4(6,7)2-8/h2-3H,1H3. The number of hydrogen-bond acceptors (Lipinski definition) is 1. The summed E-state index contributed by atoms with van der Waals surface area (Å²) in [6.45, 7) is 1.55. The van der Waals surface area contributed by atoms with Crippen molar-refractivity contribution in [2.75, 3.05) is 0 Å². The highest BCUT2D eigenvalue weighted by Crippen LogP contribution is 2.25. The average Bonchev–Trinajstić information content (AvgIpc) is 1.67. The van der Waals surface area contributed by atoms with E-state index in [-0.39, 0.29) is 0 Å². The maximum absolute atomic E-state index is 9.92. The second kappa shape index (κ2) is 2.90. The minimum absolute atomic E-state index is 0.410. The van der Waals surface area contributed by atoms with E-state index in [1.54, 1.807) is 6.92 Å². The van der Waals surface area contributed by atoms with Crippen molar-refractivity contribution in [3.05, 3.63) is 0 Å². The van der Waals surface area contributed by atoms with Crippen LogP contribution in [0.25, 0.3) is 0 Å². The molecule has 0 aromatic rings. The highest BCUT2D eigenvalue weighted by Gasteiger charge is 2.28. The highest BCUT2D eigenvalue weighted by molar-refractivity contribution is 6.59. The molecule has 0 amide bonds. The van der Waals surface area contributed by atoms with E-state index < -0.39 is 9.71 Å². The summed E-state index contributed by atoms with van der Waals surface area (Å²) in [7, 11) is 0. The van der Waals surface area contributed by atoms with Crippen LogP contribution in [0.3, 0.4) is 0 Å². The Morgan fingerprint density at radius 3 is 2.00 bits per heavy atom. The minimum atomic E-state index is -1.43. The minimum Gasteiger partial charge on any atom is -0.300 e. The lowest BCUT2D eigenvalue weighted by Crippen LogP contribution is -2.24. The number of aldehydes is 1. The first-order valence-electron chi connectivity index (χ1n) is 1.99. The predicted molar refractivity (Wildman–Crippen MR) is 35.8 cm³/mol. The van der Waals surface area contributed by atoms with Gasteiger partial charge in [0.15, 0.2) is 10.6 Å². The lowest BCUT2D eigenvalue weighted by molar-refractivity contribution is -0.108. The van der Waals surface area contributed by atoms with E-state index in [2.05, 4.69) is 0 Å². The molecule has 0 N–H and O–H groups in total. The molecule has 0 bridgehead atoms. The summed E-state index contributed by atoms with van der Waals surface area (Å²) in [5.41, 5.74) is 0. The molecule has 0 fully saturated rings. The van der Waals surface area contributed by atoms with Gasteiger partial charge in [0.1, 0.15) is 0 Å². The molecule has 0 aliphatic rings. The van der Waals surface area contributed by atoms with Crippen molar-refractivity contribution < 1.29 is 4.79 Å². The number of hydrogen-bond donors (Lipinski definition) is 0. The molecule has 1 atom stereocenters. The zero-order chi connectivity index (χ0) is 6.78. The summed E-state index contributed by atoms with van der Waals surface area (Å²) in [5.74, 6) is 0.